The van der Waals surface area contributed by atoms with Crippen molar-refractivity contribution in [3.05, 3.63) is 23.8 Å². The molecule has 1 heterocycles. The maximum absolute atomic E-state index is 10.3. The van der Waals surface area contributed by atoms with Gasteiger partial charge in [-0.15, -0.1) is 0 Å². The van der Waals surface area contributed by atoms with Crippen molar-refractivity contribution in [3.63, 3.8) is 0 Å². The Bertz CT molecular complexity index is 391. The van der Waals surface area contributed by atoms with Crippen molar-refractivity contribution >= 4 is 6.09 Å². The third-order valence-corrected chi connectivity index (χ3v) is 1.36. The summed E-state index contributed by atoms with van der Waals surface area (Å²) in [7, 11) is 0. The lowest BCUT2D eigenvalue weighted by molar-refractivity contribution is 0.148. The fourth-order valence-electron chi connectivity index (χ4n) is 0.769. The molecular weight excluding hydrogens is 198 g/mol. The second-order valence-electron chi connectivity index (χ2n) is 2.46. The highest BCUT2D eigenvalue weighted by Crippen LogP contribution is 1.96. The number of amides is 1. The van der Waals surface area contributed by atoms with Gasteiger partial charge in [-0.25, -0.2) is 9.78 Å². The third kappa shape index (κ3) is 4.06. The summed E-state index contributed by atoms with van der Waals surface area (Å²) in [6.45, 7) is -0.246. The first-order chi connectivity index (χ1) is 7.22. The number of aliphatic hydroxyl groups excluding tert-OH is 1. The Morgan fingerprint density at radius 3 is 2.87 bits per heavy atom. The van der Waals surface area contributed by atoms with Gasteiger partial charge in [-0.1, -0.05) is 5.92 Å². The minimum atomic E-state index is -0.860. The maximum atomic E-state index is 10.3. The molecule has 3 N–H and O–H groups in total. The van der Waals surface area contributed by atoms with E-state index in [1.807, 2.05) is 0 Å². The molecule has 0 aliphatic carbocycles. The normalized spacial score (nSPS) is 8.87. The van der Waals surface area contributed by atoms with Crippen LogP contribution in [-0.4, -0.2) is 27.8 Å². The van der Waals surface area contributed by atoms with E-state index in [1.54, 1.807) is 0 Å². The number of carbonyl (C=O) groups is 1. The number of nitrogens with zero attached hydrogens (tertiary/aromatic N) is 2. The number of aliphatic hydroxyl groups is 1. The molecule has 0 radical (unpaired) electrons. The van der Waals surface area contributed by atoms with E-state index in [0.29, 0.717) is 11.4 Å². The standard InChI is InChI=1S/C9H9N3O3/c10-9(14)15-6-8-5-11-7(4-12-8)2-1-3-13/h4-5,13H,3,6H2,(H2,10,14). The van der Waals surface area contributed by atoms with Gasteiger partial charge in [0.25, 0.3) is 0 Å². The summed E-state index contributed by atoms with van der Waals surface area (Å²) in [6, 6.07) is 0. The van der Waals surface area contributed by atoms with Gasteiger partial charge in [-0.05, 0) is 5.92 Å². The Balaban J connectivity index is 2.60. The first kappa shape index (κ1) is 10.9. The minimum Gasteiger partial charge on any atom is -0.443 e. The van der Waals surface area contributed by atoms with Gasteiger partial charge in [0.2, 0.25) is 0 Å². The third-order valence-electron chi connectivity index (χ3n) is 1.36. The second-order valence-corrected chi connectivity index (χ2v) is 2.46. The fraction of sp³-hybridized carbons (Fsp3) is 0.222. The van der Waals surface area contributed by atoms with Crippen LogP contribution in [0.2, 0.25) is 0 Å². The first-order valence-electron chi connectivity index (χ1n) is 4.05. The number of carbonyl (C=O) groups excluding carboxylic acids is 1. The molecule has 0 bridgehead atoms. The highest BCUT2D eigenvalue weighted by molar-refractivity contribution is 5.64. The Morgan fingerprint density at radius 2 is 2.33 bits per heavy atom. The Hall–Kier alpha value is -2.13. The lowest BCUT2D eigenvalue weighted by Crippen LogP contribution is -2.13. The summed E-state index contributed by atoms with van der Waals surface area (Å²) >= 11 is 0. The Morgan fingerprint density at radius 1 is 1.53 bits per heavy atom. The van der Waals surface area contributed by atoms with Crippen molar-refractivity contribution in [3.8, 4) is 11.8 Å². The minimum absolute atomic E-state index is 0.0178. The van der Waals surface area contributed by atoms with E-state index >= 15 is 0 Å². The van der Waals surface area contributed by atoms with Crippen molar-refractivity contribution in [2.45, 2.75) is 6.61 Å². The molecule has 0 spiro atoms. The van der Waals surface area contributed by atoms with Crippen LogP contribution in [0, 0.1) is 11.8 Å². The molecule has 0 unspecified atom stereocenters. The molecule has 1 amide bonds. The van der Waals surface area contributed by atoms with E-state index in [0.717, 1.165) is 0 Å². The topological polar surface area (TPSA) is 98.3 Å². The zero-order valence-electron chi connectivity index (χ0n) is 7.80. The lowest BCUT2D eigenvalue weighted by atomic mass is 10.4. The molecule has 0 fully saturated rings. The number of hydrogen-bond donors (Lipinski definition) is 2. The molecular formula is C9H9N3O3. The van der Waals surface area contributed by atoms with Crippen molar-refractivity contribution in [1.82, 2.24) is 9.97 Å². The summed E-state index contributed by atoms with van der Waals surface area (Å²) in [5.74, 6) is 5.01. The number of nitrogens with two attached hydrogens (primary N) is 1. The highest BCUT2D eigenvalue weighted by Gasteiger charge is 1.98. The smallest absolute Gasteiger partial charge is 0.404 e. The molecule has 15 heavy (non-hydrogen) atoms. The molecule has 0 aromatic carbocycles. The molecule has 0 aliphatic heterocycles. The van der Waals surface area contributed by atoms with Gasteiger partial charge in [-0.2, -0.15) is 0 Å². The molecule has 6 heteroatoms. The van der Waals surface area contributed by atoms with Gasteiger partial charge in [0.1, 0.15) is 18.9 Å². The summed E-state index contributed by atoms with van der Waals surface area (Å²) in [5.41, 5.74) is 5.69. The Kier molecular flexibility index (Phi) is 4.06. The van der Waals surface area contributed by atoms with E-state index in [1.165, 1.54) is 12.4 Å². The quantitative estimate of drug-likeness (QED) is 0.632. The van der Waals surface area contributed by atoms with Crippen LogP contribution in [0.15, 0.2) is 12.4 Å². The summed E-state index contributed by atoms with van der Waals surface area (Å²) in [6.07, 6.45) is 1.98. The predicted molar refractivity (Wildman–Crippen MR) is 50.4 cm³/mol. The van der Waals surface area contributed by atoms with E-state index in [9.17, 15) is 4.79 Å². The number of primary amides is 1. The monoisotopic (exact) mass is 207 g/mol. The van der Waals surface area contributed by atoms with Crippen LogP contribution in [0.5, 0.6) is 0 Å². The predicted octanol–water partition coefficient (Wildman–Crippen LogP) is -0.584. The van der Waals surface area contributed by atoms with Crippen LogP contribution in [0.3, 0.4) is 0 Å². The molecule has 1 aromatic heterocycles. The van der Waals surface area contributed by atoms with Crippen molar-refractivity contribution in [2.24, 2.45) is 5.73 Å². The maximum Gasteiger partial charge on any atom is 0.404 e. The zero-order chi connectivity index (χ0) is 11.1. The summed E-state index contributed by atoms with van der Waals surface area (Å²) < 4.78 is 4.51. The molecule has 6 nitrogen and oxygen atoms in total. The number of aromatic nitrogens is 2. The lowest BCUT2D eigenvalue weighted by Gasteiger charge is -1.99. The first-order valence-corrected chi connectivity index (χ1v) is 4.05. The van der Waals surface area contributed by atoms with Crippen LogP contribution in [0.4, 0.5) is 4.79 Å². The molecule has 0 aliphatic rings. The van der Waals surface area contributed by atoms with Crippen LogP contribution < -0.4 is 5.73 Å². The van der Waals surface area contributed by atoms with Gasteiger partial charge in [0.05, 0.1) is 18.1 Å². The molecule has 0 saturated carbocycles. The average Bonchev–Trinajstić information content (AvgIpc) is 2.25. The van der Waals surface area contributed by atoms with Crippen LogP contribution >= 0.6 is 0 Å². The van der Waals surface area contributed by atoms with Gasteiger partial charge in [0, 0.05) is 0 Å². The van der Waals surface area contributed by atoms with Gasteiger partial charge in [-0.3, -0.25) is 4.98 Å². The largest absolute Gasteiger partial charge is 0.443 e. The van der Waals surface area contributed by atoms with Crippen molar-refractivity contribution < 1.29 is 14.6 Å². The molecule has 1 rings (SSSR count). The number of ether oxygens (including phenoxy) is 1. The molecule has 78 valence electrons. The highest BCUT2D eigenvalue weighted by atomic mass is 16.5. The van der Waals surface area contributed by atoms with Crippen LogP contribution in [0.1, 0.15) is 11.4 Å². The van der Waals surface area contributed by atoms with Crippen molar-refractivity contribution in [1.29, 1.82) is 0 Å². The van der Waals surface area contributed by atoms with Gasteiger partial charge >= 0.3 is 6.09 Å². The average molecular weight is 207 g/mol. The number of rotatable bonds is 2. The molecule has 0 saturated heterocycles. The summed E-state index contributed by atoms with van der Waals surface area (Å²) in [4.78, 5) is 18.1. The molecule has 1 aromatic rings. The zero-order valence-corrected chi connectivity index (χ0v) is 7.80. The van der Waals surface area contributed by atoms with Crippen LogP contribution in [-0.2, 0) is 11.3 Å². The van der Waals surface area contributed by atoms with E-state index in [4.69, 9.17) is 10.8 Å². The van der Waals surface area contributed by atoms with Gasteiger partial charge in [0.15, 0.2) is 0 Å². The molecule has 0 atom stereocenters. The fourth-order valence-corrected chi connectivity index (χ4v) is 0.769. The Labute approximate surface area is 86.1 Å². The summed E-state index contributed by atoms with van der Waals surface area (Å²) in [5, 5.41) is 8.43. The second kappa shape index (κ2) is 5.57. The SMILES string of the molecule is NC(=O)OCc1cnc(C#CCO)cn1. The number of hydrogen-bond acceptors (Lipinski definition) is 5. The van der Waals surface area contributed by atoms with E-state index in [2.05, 4.69) is 26.5 Å². The van der Waals surface area contributed by atoms with Gasteiger partial charge < -0.3 is 15.6 Å². The van der Waals surface area contributed by atoms with E-state index in [-0.39, 0.29) is 13.2 Å². The van der Waals surface area contributed by atoms with Crippen molar-refractivity contribution in [2.75, 3.05) is 6.61 Å². The van der Waals surface area contributed by atoms with E-state index < -0.39 is 6.09 Å². The van der Waals surface area contributed by atoms with Crippen LogP contribution in [0.25, 0.3) is 0 Å².